The fraction of sp³-hybridized carbons (Fsp3) is 0.545. The summed E-state index contributed by atoms with van der Waals surface area (Å²) in [4.78, 5) is 12.7. The molecule has 94 valence electrons. The molecule has 4 nitrogen and oxygen atoms in total. The smallest absolute Gasteiger partial charge is 0.221 e. The Morgan fingerprint density at radius 3 is 3.18 bits per heavy atom. The van der Waals surface area contributed by atoms with Crippen LogP contribution >= 0.6 is 22.9 Å². The van der Waals surface area contributed by atoms with Crippen LogP contribution in [0.3, 0.4) is 0 Å². The highest BCUT2D eigenvalue weighted by atomic mass is 35.5. The molecule has 0 saturated carbocycles. The van der Waals surface area contributed by atoms with Crippen molar-refractivity contribution in [1.29, 1.82) is 0 Å². The van der Waals surface area contributed by atoms with Gasteiger partial charge in [0.2, 0.25) is 5.91 Å². The van der Waals surface area contributed by atoms with Gasteiger partial charge in [0.15, 0.2) is 0 Å². The van der Waals surface area contributed by atoms with E-state index in [0.717, 1.165) is 22.4 Å². The fourth-order valence-electron chi connectivity index (χ4n) is 1.68. The molecule has 2 N–H and O–H groups in total. The van der Waals surface area contributed by atoms with E-state index >= 15 is 0 Å². The van der Waals surface area contributed by atoms with E-state index in [1.807, 2.05) is 12.1 Å². The van der Waals surface area contributed by atoms with E-state index in [4.69, 9.17) is 16.3 Å². The van der Waals surface area contributed by atoms with Gasteiger partial charge < -0.3 is 15.4 Å². The van der Waals surface area contributed by atoms with Gasteiger partial charge in [0.25, 0.3) is 0 Å². The van der Waals surface area contributed by atoms with Crippen molar-refractivity contribution in [3.63, 3.8) is 0 Å². The maximum absolute atomic E-state index is 11.7. The molecule has 1 atom stereocenters. The van der Waals surface area contributed by atoms with Gasteiger partial charge in [-0.25, -0.2) is 0 Å². The lowest BCUT2D eigenvalue weighted by atomic mass is 10.2. The number of carbonyl (C=O) groups is 1. The quantitative estimate of drug-likeness (QED) is 0.873. The summed E-state index contributed by atoms with van der Waals surface area (Å²) in [6, 6.07) is 3.90. The monoisotopic (exact) mass is 274 g/mol. The molecule has 2 heterocycles. The first-order valence-corrected chi connectivity index (χ1v) is 6.75. The van der Waals surface area contributed by atoms with Gasteiger partial charge in [-0.3, -0.25) is 4.79 Å². The zero-order valence-electron chi connectivity index (χ0n) is 9.37. The number of ether oxygens (including phenoxy) is 1. The molecule has 0 bridgehead atoms. The van der Waals surface area contributed by atoms with Gasteiger partial charge in [0, 0.05) is 23.9 Å². The van der Waals surface area contributed by atoms with Gasteiger partial charge in [-0.2, -0.15) is 0 Å². The van der Waals surface area contributed by atoms with Crippen molar-refractivity contribution in [3.05, 3.63) is 21.3 Å². The summed E-state index contributed by atoms with van der Waals surface area (Å²) in [6.45, 7) is 2.70. The molecule has 1 saturated heterocycles. The van der Waals surface area contributed by atoms with Gasteiger partial charge in [-0.1, -0.05) is 11.6 Å². The third kappa shape index (κ3) is 4.27. The molecule has 17 heavy (non-hydrogen) atoms. The van der Waals surface area contributed by atoms with E-state index in [1.54, 1.807) is 0 Å². The molecule has 1 unspecified atom stereocenters. The summed E-state index contributed by atoms with van der Waals surface area (Å²) in [5.41, 5.74) is 0. The molecule has 6 heteroatoms. The Labute approximate surface area is 109 Å². The second kappa shape index (κ2) is 6.35. The van der Waals surface area contributed by atoms with Crippen molar-refractivity contribution in [1.82, 2.24) is 10.6 Å². The number of rotatable bonds is 4. The molecule has 0 aliphatic carbocycles. The molecule has 1 aliphatic heterocycles. The van der Waals surface area contributed by atoms with E-state index in [9.17, 15) is 4.79 Å². The van der Waals surface area contributed by atoms with Crippen LogP contribution in [0, 0.1) is 0 Å². The predicted molar refractivity (Wildman–Crippen MR) is 68.4 cm³/mol. The molecular formula is C11H15ClN2O2S. The number of halogens is 1. The number of hydrogen-bond acceptors (Lipinski definition) is 4. The normalized spacial score (nSPS) is 20.2. The molecule has 1 aromatic heterocycles. The third-order valence-electron chi connectivity index (χ3n) is 2.52. The highest BCUT2D eigenvalue weighted by molar-refractivity contribution is 7.16. The minimum absolute atomic E-state index is 0.0394. The van der Waals surface area contributed by atoms with E-state index < -0.39 is 0 Å². The van der Waals surface area contributed by atoms with E-state index in [0.29, 0.717) is 19.6 Å². The molecular weight excluding hydrogens is 260 g/mol. The maximum Gasteiger partial charge on any atom is 0.221 e. The minimum Gasteiger partial charge on any atom is -0.378 e. The summed E-state index contributed by atoms with van der Waals surface area (Å²) in [7, 11) is 0. The Kier molecular flexibility index (Phi) is 4.79. The van der Waals surface area contributed by atoms with Gasteiger partial charge >= 0.3 is 0 Å². The molecule has 1 fully saturated rings. The molecule has 0 spiro atoms. The zero-order chi connectivity index (χ0) is 12.1. The highest BCUT2D eigenvalue weighted by Gasteiger charge is 2.16. The number of amides is 1. The predicted octanol–water partition coefficient (Wildman–Crippen LogP) is 1.40. The lowest BCUT2D eigenvalue weighted by molar-refractivity contribution is -0.122. The molecule has 0 radical (unpaired) electrons. The first kappa shape index (κ1) is 12.8. The van der Waals surface area contributed by atoms with Crippen LogP contribution in [0.4, 0.5) is 0 Å². The van der Waals surface area contributed by atoms with Crippen LogP contribution in [0.5, 0.6) is 0 Å². The first-order valence-electron chi connectivity index (χ1n) is 5.56. The minimum atomic E-state index is 0.0394. The van der Waals surface area contributed by atoms with Crippen LogP contribution in [0.25, 0.3) is 0 Å². The van der Waals surface area contributed by atoms with Gasteiger partial charge in [-0.05, 0) is 12.1 Å². The van der Waals surface area contributed by atoms with E-state index in [1.165, 1.54) is 11.3 Å². The van der Waals surface area contributed by atoms with Crippen LogP contribution in [-0.4, -0.2) is 31.7 Å². The number of carbonyl (C=O) groups excluding carboxylic acids is 1. The fourth-order valence-corrected chi connectivity index (χ4v) is 2.71. The van der Waals surface area contributed by atoms with Crippen LogP contribution in [0.2, 0.25) is 4.34 Å². The van der Waals surface area contributed by atoms with Crippen LogP contribution < -0.4 is 10.6 Å². The Morgan fingerprint density at radius 2 is 2.53 bits per heavy atom. The van der Waals surface area contributed by atoms with Crippen LogP contribution in [0.15, 0.2) is 12.1 Å². The Bertz CT molecular complexity index is 377. The van der Waals surface area contributed by atoms with Crippen LogP contribution in [0.1, 0.15) is 11.3 Å². The number of thiophene rings is 1. The van der Waals surface area contributed by atoms with Crippen LogP contribution in [-0.2, 0) is 16.1 Å². The van der Waals surface area contributed by atoms with Crippen molar-refractivity contribution in [3.8, 4) is 0 Å². The Morgan fingerprint density at radius 1 is 1.65 bits per heavy atom. The van der Waals surface area contributed by atoms with Crippen molar-refractivity contribution in [2.75, 3.05) is 19.8 Å². The summed E-state index contributed by atoms with van der Waals surface area (Å²) < 4.78 is 6.04. The summed E-state index contributed by atoms with van der Waals surface area (Å²) in [5, 5.41) is 6.12. The van der Waals surface area contributed by atoms with E-state index in [-0.39, 0.29) is 11.9 Å². The lowest BCUT2D eigenvalue weighted by Crippen LogP contribution is -2.44. The summed E-state index contributed by atoms with van der Waals surface area (Å²) >= 11 is 7.30. The highest BCUT2D eigenvalue weighted by Crippen LogP contribution is 2.20. The van der Waals surface area contributed by atoms with Gasteiger partial charge in [0.05, 0.1) is 24.1 Å². The third-order valence-corrected chi connectivity index (χ3v) is 3.75. The standard InChI is InChI=1S/C11H15ClN2O2S/c12-10-2-1-9(17-10)6-14-11(15)5-8-7-16-4-3-13-8/h1-2,8,13H,3-7H2,(H,14,15). The van der Waals surface area contributed by atoms with Gasteiger partial charge in [0.1, 0.15) is 0 Å². The average molecular weight is 275 g/mol. The molecule has 1 aromatic rings. The molecule has 0 aromatic carbocycles. The average Bonchev–Trinajstić information content (AvgIpc) is 2.74. The number of hydrogen-bond donors (Lipinski definition) is 2. The molecule has 1 aliphatic rings. The second-order valence-corrected chi connectivity index (χ2v) is 5.71. The van der Waals surface area contributed by atoms with Crippen molar-refractivity contribution < 1.29 is 9.53 Å². The topological polar surface area (TPSA) is 50.4 Å². The maximum atomic E-state index is 11.7. The summed E-state index contributed by atoms with van der Waals surface area (Å²) in [6.07, 6.45) is 0.457. The van der Waals surface area contributed by atoms with Crippen molar-refractivity contribution in [2.24, 2.45) is 0 Å². The molecule has 1 amide bonds. The second-order valence-electron chi connectivity index (χ2n) is 3.91. The number of morpholine rings is 1. The van der Waals surface area contributed by atoms with E-state index in [2.05, 4.69) is 10.6 Å². The zero-order valence-corrected chi connectivity index (χ0v) is 10.9. The lowest BCUT2D eigenvalue weighted by Gasteiger charge is -2.23. The Hall–Kier alpha value is -0.620. The largest absolute Gasteiger partial charge is 0.378 e. The molecule has 2 rings (SSSR count). The number of nitrogens with one attached hydrogen (secondary N) is 2. The summed E-state index contributed by atoms with van der Waals surface area (Å²) in [5.74, 6) is 0.0394. The first-order chi connectivity index (χ1) is 8.24. The SMILES string of the molecule is O=C(CC1COCCN1)NCc1ccc(Cl)s1. The van der Waals surface area contributed by atoms with Crippen molar-refractivity contribution >= 4 is 28.8 Å². The van der Waals surface area contributed by atoms with Crippen molar-refractivity contribution in [2.45, 2.75) is 19.0 Å². The van der Waals surface area contributed by atoms with Gasteiger partial charge in [-0.15, -0.1) is 11.3 Å². The Balaban J connectivity index is 1.70.